The van der Waals surface area contributed by atoms with Crippen molar-refractivity contribution in [1.29, 1.82) is 0 Å². The number of carbonyl (C=O) groups excluding carboxylic acids is 1. The minimum atomic E-state index is -0.0777. The van der Waals surface area contributed by atoms with Crippen LogP contribution in [0.1, 0.15) is 84.0 Å². The molecule has 0 aliphatic carbocycles. The van der Waals surface area contributed by atoms with E-state index in [0.717, 1.165) is 23.9 Å². The van der Waals surface area contributed by atoms with Gasteiger partial charge < -0.3 is 37.9 Å². The Morgan fingerprint density at radius 2 is 1.23 bits per heavy atom. The summed E-state index contributed by atoms with van der Waals surface area (Å²) in [6.45, 7) is 4.82. The number of quaternary nitrogens is 1. The van der Waals surface area contributed by atoms with E-state index in [-0.39, 0.29) is 29.9 Å². The van der Waals surface area contributed by atoms with Crippen molar-refractivity contribution in [3.8, 4) is 0 Å². The quantitative estimate of drug-likeness (QED) is 0.129. The van der Waals surface area contributed by atoms with Crippen molar-refractivity contribution in [2.75, 3.05) is 47.5 Å². The Labute approximate surface area is 180 Å². The molecule has 0 rings (SSSR count). The molecule has 4 nitrogen and oxygen atoms in total. The normalized spacial score (nSPS) is 11.2. The lowest BCUT2D eigenvalue weighted by Crippen LogP contribution is -3.00. The van der Waals surface area contributed by atoms with Crippen molar-refractivity contribution < 1.29 is 42.7 Å². The molecule has 0 amide bonds. The molecule has 0 unspecified atom stereocenters. The SMILES string of the molecule is CCCCCCCCCCCCCC(=O)OCCOCC[N+](C)(C)C.[I-]. The van der Waals surface area contributed by atoms with Gasteiger partial charge in [0.1, 0.15) is 13.2 Å². The highest BCUT2D eigenvalue weighted by Gasteiger charge is 2.06. The van der Waals surface area contributed by atoms with Crippen LogP contribution in [-0.4, -0.2) is 58.0 Å². The molecular weight excluding hydrogens is 441 g/mol. The number of likely N-dealkylation sites (N-methyl/N-ethyl adjacent to an activating group) is 1. The molecule has 0 aromatic carbocycles. The summed E-state index contributed by atoms with van der Waals surface area (Å²) in [7, 11) is 6.41. The molecule has 0 radical (unpaired) electrons. The van der Waals surface area contributed by atoms with Gasteiger partial charge in [0.05, 0.1) is 34.4 Å². The smallest absolute Gasteiger partial charge is 0.305 e. The van der Waals surface area contributed by atoms with E-state index in [9.17, 15) is 4.79 Å². The van der Waals surface area contributed by atoms with E-state index in [0.29, 0.717) is 26.2 Å². The molecule has 0 atom stereocenters. The first-order valence-corrected chi connectivity index (χ1v) is 10.5. The molecule has 0 saturated heterocycles. The minimum absolute atomic E-state index is 0. The molecule has 0 N–H and O–H groups in total. The fraction of sp³-hybridized carbons (Fsp3) is 0.952. The van der Waals surface area contributed by atoms with Crippen molar-refractivity contribution in [3.63, 3.8) is 0 Å². The van der Waals surface area contributed by atoms with Gasteiger partial charge in [0.15, 0.2) is 0 Å². The Balaban J connectivity index is 0. The third kappa shape index (κ3) is 24.1. The van der Waals surface area contributed by atoms with Crippen LogP contribution in [0.3, 0.4) is 0 Å². The first kappa shape index (κ1) is 28.3. The van der Waals surface area contributed by atoms with Crippen LogP contribution in [0.15, 0.2) is 0 Å². The van der Waals surface area contributed by atoms with E-state index in [1.54, 1.807) is 0 Å². The monoisotopic (exact) mass is 485 g/mol. The Bertz CT molecular complexity index is 306. The average molecular weight is 485 g/mol. The topological polar surface area (TPSA) is 35.5 Å². The number of carbonyl (C=O) groups is 1. The Hall–Kier alpha value is 0.120. The van der Waals surface area contributed by atoms with Gasteiger partial charge in [-0.1, -0.05) is 71.1 Å². The number of esters is 1. The number of halogens is 1. The molecule has 0 saturated carbocycles. The molecule has 158 valence electrons. The minimum Gasteiger partial charge on any atom is -1.00 e. The summed E-state index contributed by atoms with van der Waals surface area (Å²) in [5, 5.41) is 0. The van der Waals surface area contributed by atoms with Crippen LogP contribution in [0.25, 0.3) is 0 Å². The summed E-state index contributed by atoms with van der Waals surface area (Å²) >= 11 is 0. The van der Waals surface area contributed by atoms with E-state index in [4.69, 9.17) is 9.47 Å². The fourth-order valence-electron chi connectivity index (χ4n) is 2.66. The number of unbranched alkanes of at least 4 members (excludes halogenated alkanes) is 10. The zero-order valence-electron chi connectivity index (χ0n) is 17.9. The Kier molecular flexibility index (Phi) is 21.7. The van der Waals surface area contributed by atoms with Gasteiger partial charge in [-0.05, 0) is 6.42 Å². The maximum Gasteiger partial charge on any atom is 0.305 e. The van der Waals surface area contributed by atoms with Gasteiger partial charge in [0.25, 0.3) is 0 Å². The van der Waals surface area contributed by atoms with Crippen LogP contribution in [0.4, 0.5) is 0 Å². The third-order valence-corrected chi connectivity index (χ3v) is 4.38. The molecule has 0 aliphatic rings. The molecule has 5 heteroatoms. The standard InChI is InChI=1S/C21H44NO3.HI/c1-5-6-7-8-9-10-11-12-13-14-15-16-21(23)25-20-19-24-18-17-22(2,3)4;/h5-20H2,1-4H3;1H/q+1;/p-1. The first-order valence-electron chi connectivity index (χ1n) is 10.5. The highest BCUT2D eigenvalue weighted by molar-refractivity contribution is 5.69. The predicted octanol–water partition coefficient (Wildman–Crippen LogP) is 1.96. The molecule has 0 heterocycles. The zero-order chi connectivity index (χ0) is 18.8. The van der Waals surface area contributed by atoms with E-state index in [2.05, 4.69) is 28.1 Å². The summed E-state index contributed by atoms with van der Waals surface area (Å²) in [6.07, 6.45) is 14.8. The number of ether oxygens (including phenoxy) is 2. The van der Waals surface area contributed by atoms with Crippen molar-refractivity contribution in [2.45, 2.75) is 84.0 Å². The summed E-state index contributed by atoms with van der Waals surface area (Å²) in [6, 6.07) is 0. The zero-order valence-corrected chi connectivity index (χ0v) is 20.0. The van der Waals surface area contributed by atoms with E-state index < -0.39 is 0 Å². The highest BCUT2D eigenvalue weighted by Crippen LogP contribution is 2.12. The fourth-order valence-corrected chi connectivity index (χ4v) is 2.66. The highest BCUT2D eigenvalue weighted by atomic mass is 127. The molecule has 0 aliphatic heterocycles. The second kappa shape index (κ2) is 19.9. The number of nitrogens with zero attached hydrogens (tertiary/aromatic N) is 1. The second-order valence-corrected chi connectivity index (χ2v) is 8.13. The largest absolute Gasteiger partial charge is 1.00 e. The molecule has 26 heavy (non-hydrogen) atoms. The van der Waals surface area contributed by atoms with Gasteiger partial charge in [0.2, 0.25) is 0 Å². The molecule has 0 aromatic heterocycles. The van der Waals surface area contributed by atoms with Gasteiger partial charge in [-0.2, -0.15) is 0 Å². The summed E-state index contributed by atoms with van der Waals surface area (Å²) in [5.74, 6) is -0.0777. The molecule has 0 bridgehead atoms. The number of hydrogen-bond acceptors (Lipinski definition) is 3. The van der Waals surface area contributed by atoms with Crippen LogP contribution >= 0.6 is 0 Å². The van der Waals surface area contributed by atoms with E-state index >= 15 is 0 Å². The molecule has 0 fully saturated rings. The average Bonchev–Trinajstić information content (AvgIpc) is 2.55. The van der Waals surface area contributed by atoms with Gasteiger partial charge in [0, 0.05) is 6.42 Å². The van der Waals surface area contributed by atoms with Crippen LogP contribution < -0.4 is 24.0 Å². The Morgan fingerprint density at radius 1 is 0.731 bits per heavy atom. The first-order chi connectivity index (χ1) is 12.0. The summed E-state index contributed by atoms with van der Waals surface area (Å²) in [5.41, 5.74) is 0. The van der Waals surface area contributed by atoms with E-state index in [1.165, 1.54) is 57.8 Å². The van der Waals surface area contributed by atoms with Crippen molar-refractivity contribution >= 4 is 5.97 Å². The summed E-state index contributed by atoms with van der Waals surface area (Å²) in [4.78, 5) is 11.6. The van der Waals surface area contributed by atoms with Crippen LogP contribution in [0.2, 0.25) is 0 Å². The van der Waals surface area contributed by atoms with Gasteiger partial charge in [-0.3, -0.25) is 4.79 Å². The van der Waals surface area contributed by atoms with Crippen molar-refractivity contribution in [1.82, 2.24) is 0 Å². The van der Waals surface area contributed by atoms with Crippen molar-refractivity contribution in [2.24, 2.45) is 0 Å². The van der Waals surface area contributed by atoms with Crippen molar-refractivity contribution in [3.05, 3.63) is 0 Å². The van der Waals surface area contributed by atoms with Gasteiger partial charge in [-0.15, -0.1) is 0 Å². The van der Waals surface area contributed by atoms with Gasteiger partial charge >= 0.3 is 5.97 Å². The lowest BCUT2D eigenvalue weighted by atomic mass is 10.1. The Morgan fingerprint density at radius 3 is 1.73 bits per heavy atom. The number of hydrogen-bond donors (Lipinski definition) is 0. The lowest BCUT2D eigenvalue weighted by molar-refractivity contribution is -0.870. The second-order valence-electron chi connectivity index (χ2n) is 8.13. The van der Waals surface area contributed by atoms with Crippen LogP contribution in [-0.2, 0) is 14.3 Å². The lowest BCUT2D eigenvalue weighted by Gasteiger charge is -2.23. The van der Waals surface area contributed by atoms with Crippen LogP contribution in [0, 0.1) is 0 Å². The number of rotatable bonds is 18. The molecular formula is C21H44INO3. The molecule has 0 aromatic rings. The summed E-state index contributed by atoms with van der Waals surface area (Å²) < 4.78 is 11.6. The maximum absolute atomic E-state index is 11.6. The van der Waals surface area contributed by atoms with E-state index in [1.807, 2.05) is 0 Å². The van der Waals surface area contributed by atoms with Gasteiger partial charge in [-0.25, -0.2) is 0 Å². The third-order valence-electron chi connectivity index (χ3n) is 4.38. The molecule has 0 spiro atoms. The maximum atomic E-state index is 11.6. The predicted molar refractivity (Wildman–Crippen MR) is 106 cm³/mol. The van der Waals surface area contributed by atoms with Crippen LogP contribution in [0.5, 0.6) is 0 Å².